The van der Waals surface area contributed by atoms with Crippen LogP contribution in [0.1, 0.15) is 0 Å². The van der Waals surface area contributed by atoms with Gasteiger partial charge in [0.2, 0.25) is 0 Å². The van der Waals surface area contributed by atoms with Gasteiger partial charge in [0.25, 0.3) is 0 Å². The van der Waals surface area contributed by atoms with E-state index in [1.54, 1.807) is 0 Å². The van der Waals surface area contributed by atoms with Crippen LogP contribution >= 0.6 is 11.3 Å². The molecule has 0 amide bonds. The number of thiophene rings is 1. The zero-order valence-corrected chi connectivity index (χ0v) is 34.8. The molecule has 1 nitrogen and oxygen atoms in total. The highest BCUT2D eigenvalue weighted by Crippen LogP contribution is 2.54. The van der Waals surface area contributed by atoms with E-state index in [0.717, 1.165) is 17.1 Å². The number of nitrogens with zero attached hydrogens (tertiary/aromatic N) is 1. The fourth-order valence-corrected chi connectivity index (χ4v) is 10.4. The van der Waals surface area contributed by atoms with Gasteiger partial charge in [-0.1, -0.05) is 212 Å². The van der Waals surface area contributed by atoms with E-state index in [4.69, 9.17) is 0 Å². The van der Waals surface area contributed by atoms with E-state index in [1.165, 1.54) is 86.9 Å². The summed E-state index contributed by atoms with van der Waals surface area (Å²) in [5.74, 6) is 0. The molecule has 0 atom stereocenters. The highest BCUT2D eigenvalue weighted by molar-refractivity contribution is 7.24. The Morgan fingerprint density at radius 1 is 0.242 bits per heavy atom. The first-order valence-electron chi connectivity index (χ1n) is 21.2. The van der Waals surface area contributed by atoms with Gasteiger partial charge in [-0.25, -0.2) is 0 Å². The maximum absolute atomic E-state index is 2.37. The Balaban J connectivity index is 1.11. The highest BCUT2D eigenvalue weighted by atomic mass is 32.1. The fraction of sp³-hybridized carbons (Fsp3) is 0. The van der Waals surface area contributed by atoms with Gasteiger partial charge in [-0.05, 0) is 97.2 Å². The third kappa shape index (κ3) is 6.87. The average Bonchev–Trinajstić information content (AvgIpc) is 3.77. The minimum atomic E-state index is 1.09. The predicted octanol–water partition coefficient (Wildman–Crippen LogP) is 17.5. The van der Waals surface area contributed by atoms with Crippen LogP contribution in [-0.4, -0.2) is 0 Å². The van der Waals surface area contributed by atoms with Crippen LogP contribution < -0.4 is 4.90 Å². The van der Waals surface area contributed by atoms with Crippen LogP contribution in [0.15, 0.2) is 249 Å². The molecule has 0 radical (unpaired) electrons. The Bertz CT molecular complexity index is 3190. The molecule has 0 aliphatic rings. The smallest absolute Gasteiger partial charge is 0.0462 e. The molecule has 0 N–H and O–H groups in total. The van der Waals surface area contributed by atoms with E-state index in [1.807, 2.05) is 11.3 Å². The van der Waals surface area contributed by atoms with E-state index < -0.39 is 0 Å². The monoisotopic (exact) mass is 807 g/mol. The Kier molecular flexibility index (Phi) is 9.82. The molecule has 0 saturated heterocycles. The van der Waals surface area contributed by atoms with Gasteiger partial charge in [0.1, 0.15) is 0 Å². The van der Waals surface area contributed by atoms with Crippen molar-refractivity contribution in [2.24, 2.45) is 0 Å². The molecular formula is C60H41NS. The first kappa shape index (κ1) is 37.2. The minimum Gasteiger partial charge on any atom is -0.311 e. The number of anilines is 3. The summed E-state index contributed by atoms with van der Waals surface area (Å²) >= 11 is 1.91. The second-order valence-corrected chi connectivity index (χ2v) is 16.6. The van der Waals surface area contributed by atoms with Gasteiger partial charge in [-0.2, -0.15) is 0 Å². The molecule has 2 heteroatoms. The first-order valence-corrected chi connectivity index (χ1v) is 22.0. The minimum absolute atomic E-state index is 1.09. The molecule has 0 spiro atoms. The van der Waals surface area contributed by atoms with Gasteiger partial charge in [0.05, 0.1) is 0 Å². The topological polar surface area (TPSA) is 3.24 Å². The Labute approximate surface area is 367 Å². The SMILES string of the molecule is c1ccc(-c2ccc(N(c3ccc(-c4ccccc4)cc3)c3ccc(-c4c(-c5ccccc5)c5sc(-c6ccccc6)c(-c6ccccc6)c5c5ccccc45)cc3)cc2)cc1. The highest BCUT2D eigenvalue weighted by Gasteiger charge is 2.25. The zero-order valence-electron chi connectivity index (χ0n) is 34.0. The van der Waals surface area contributed by atoms with Gasteiger partial charge >= 0.3 is 0 Å². The van der Waals surface area contributed by atoms with Gasteiger partial charge in [-0.15, -0.1) is 11.3 Å². The van der Waals surface area contributed by atoms with Crippen LogP contribution in [-0.2, 0) is 0 Å². The molecular weight excluding hydrogens is 767 g/mol. The number of hydrogen-bond donors (Lipinski definition) is 0. The van der Waals surface area contributed by atoms with Crippen molar-refractivity contribution in [1.82, 2.24) is 0 Å². The van der Waals surface area contributed by atoms with E-state index in [2.05, 4.69) is 254 Å². The van der Waals surface area contributed by atoms with E-state index in [-0.39, 0.29) is 0 Å². The number of benzene rings is 10. The summed E-state index contributed by atoms with van der Waals surface area (Å²) in [5, 5.41) is 3.81. The molecule has 1 aromatic heterocycles. The second kappa shape index (κ2) is 16.3. The van der Waals surface area contributed by atoms with Crippen LogP contribution in [0.5, 0.6) is 0 Å². The molecule has 292 valence electrons. The maximum Gasteiger partial charge on any atom is 0.0462 e. The first-order chi connectivity index (χ1) is 30.8. The summed E-state index contributed by atoms with van der Waals surface area (Å²) in [7, 11) is 0. The zero-order chi connectivity index (χ0) is 41.2. The van der Waals surface area contributed by atoms with Crippen LogP contribution in [0.2, 0.25) is 0 Å². The van der Waals surface area contributed by atoms with Gasteiger partial charge < -0.3 is 4.90 Å². The lowest BCUT2D eigenvalue weighted by molar-refractivity contribution is 1.28. The Morgan fingerprint density at radius 3 is 1.02 bits per heavy atom. The molecule has 0 saturated carbocycles. The largest absolute Gasteiger partial charge is 0.311 e. The van der Waals surface area contributed by atoms with E-state index >= 15 is 0 Å². The third-order valence-corrected chi connectivity index (χ3v) is 13.1. The Morgan fingerprint density at radius 2 is 0.565 bits per heavy atom. The van der Waals surface area contributed by atoms with Gasteiger partial charge in [-0.3, -0.25) is 0 Å². The van der Waals surface area contributed by atoms with Crippen molar-refractivity contribution in [3.8, 4) is 66.1 Å². The molecule has 0 aliphatic carbocycles. The summed E-state index contributed by atoms with van der Waals surface area (Å²) in [6, 6.07) is 90.1. The molecule has 0 aliphatic heterocycles. The van der Waals surface area contributed by atoms with Crippen LogP contribution in [0.3, 0.4) is 0 Å². The summed E-state index contributed by atoms with van der Waals surface area (Å²) in [5.41, 5.74) is 16.7. The second-order valence-electron chi connectivity index (χ2n) is 15.6. The predicted molar refractivity (Wildman–Crippen MR) is 267 cm³/mol. The van der Waals surface area contributed by atoms with Crippen molar-refractivity contribution in [2.75, 3.05) is 4.90 Å². The van der Waals surface area contributed by atoms with Crippen molar-refractivity contribution in [2.45, 2.75) is 0 Å². The molecule has 0 bridgehead atoms. The summed E-state index contributed by atoms with van der Waals surface area (Å²) in [6.07, 6.45) is 0. The van der Waals surface area contributed by atoms with Crippen molar-refractivity contribution in [3.63, 3.8) is 0 Å². The standard InChI is InChI=1S/C60H41NS/c1-6-18-42(19-7-1)44-30-36-50(37-31-44)61(51-38-32-45(33-39-51)43-20-8-2-9-21-43)52-40-34-48(35-41-52)55-53-28-16-17-29-54(53)58-57(47-24-12-4-13-25-47)59(49-26-14-5-15-27-49)62-60(58)56(55)46-22-10-3-11-23-46/h1-41H. The fourth-order valence-electron chi connectivity index (χ4n) is 8.98. The van der Waals surface area contributed by atoms with Gasteiger partial charge in [0.15, 0.2) is 0 Å². The summed E-state index contributed by atoms with van der Waals surface area (Å²) in [4.78, 5) is 3.65. The number of rotatable bonds is 9. The summed E-state index contributed by atoms with van der Waals surface area (Å²) in [6.45, 7) is 0. The molecule has 0 fully saturated rings. The molecule has 1 heterocycles. The lowest BCUT2D eigenvalue weighted by Gasteiger charge is -2.26. The van der Waals surface area contributed by atoms with E-state index in [0.29, 0.717) is 0 Å². The lowest BCUT2D eigenvalue weighted by Crippen LogP contribution is -2.09. The number of hydrogen-bond acceptors (Lipinski definition) is 2. The molecule has 11 aromatic rings. The van der Waals surface area contributed by atoms with Gasteiger partial charge in [0, 0.05) is 43.2 Å². The van der Waals surface area contributed by atoms with Crippen LogP contribution in [0.25, 0.3) is 86.9 Å². The van der Waals surface area contributed by atoms with Crippen LogP contribution in [0.4, 0.5) is 17.1 Å². The molecule has 0 unspecified atom stereocenters. The quantitative estimate of drug-likeness (QED) is 0.140. The molecule has 62 heavy (non-hydrogen) atoms. The molecule has 10 aromatic carbocycles. The lowest BCUT2D eigenvalue weighted by atomic mass is 9.86. The van der Waals surface area contributed by atoms with E-state index in [9.17, 15) is 0 Å². The van der Waals surface area contributed by atoms with Crippen molar-refractivity contribution < 1.29 is 0 Å². The number of fused-ring (bicyclic) bond motifs is 3. The molecule has 11 rings (SSSR count). The third-order valence-electron chi connectivity index (χ3n) is 11.9. The average molecular weight is 808 g/mol. The van der Waals surface area contributed by atoms with Crippen molar-refractivity contribution >= 4 is 49.3 Å². The Hall–Kier alpha value is -7.78. The van der Waals surface area contributed by atoms with Crippen molar-refractivity contribution in [3.05, 3.63) is 249 Å². The van der Waals surface area contributed by atoms with Crippen molar-refractivity contribution in [1.29, 1.82) is 0 Å². The maximum atomic E-state index is 2.37. The summed E-state index contributed by atoms with van der Waals surface area (Å²) < 4.78 is 1.30. The van der Waals surface area contributed by atoms with Crippen LogP contribution in [0, 0.1) is 0 Å². The normalized spacial score (nSPS) is 11.2.